The highest BCUT2D eigenvalue weighted by Gasteiger charge is 2.15. The van der Waals surface area contributed by atoms with Gasteiger partial charge >= 0.3 is 0 Å². The van der Waals surface area contributed by atoms with Crippen molar-refractivity contribution < 1.29 is 4.74 Å². The molecule has 1 aromatic heterocycles. The first-order valence-corrected chi connectivity index (χ1v) is 7.19. The van der Waals surface area contributed by atoms with Crippen molar-refractivity contribution in [2.75, 3.05) is 13.2 Å². The van der Waals surface area contributed by atoms with Gasteiger partial charge in [-0.15, -0.1) is 0 Å². The van der Waals surface area contributed by atoms with Crippen LogP contribution in [0.1, 0.15) is 38.5 Å². The highest BCUT2D eigenvalue weighted by Crippen LogP contribution is 2.24. The van der Waals surface area contributed by atoms with Crippen LogP contribution in [0.4, 0.5) is 0 Å². The van der Waals surface area contributed by atoms with Gasteiger partial charge in [-0.25, -0.2) is 4.68 Å². The van der Waals surface area contributed by atoms with E-state index in [4.69, 9.17) is 10.5 Å². The molecular weight excluding hydrogens is 242 g/mol. The third-order valence-corrected chi connectivity index (χ3v) is 3.62. The number of ether oxygens (including phenoxy) is 1. The summed E-state index contributed by atoms with van der Waals surface area (Å²) in [4.78, 5) is 11.9. The Morgan fingerprint density at radius 3 is 2.84 bits per heavy atom. The molecule has 0 unspecified atom stereocenters. The fourth-order valence-electron chi connectivity index (χ4n) is 2.52. The van der Waals surface area contributed by atoms with E-state index in [-0.39, 0.29) is 5.56 Å². The van der Waals surface area contributed by atoms with E-state index in [1.165, 1.54) is 38.2 Å². The van der Waals surface area contributed by atoms with Crippen LogP contribution in [0.3, 0.4) is 0 Å². The molecule has 0 aliphatic heterocycles. The van der Waals surface area contributed by atoms with Crippen molar-refractivity contribution in [1.29, 1.82) is 0 Å². The van der Waals surface area contributed by atoms with Gasteiger partial charge in [0.15, 0.2) is 0 Å². The van der Waals surface area contributed by atoms with Crippen LogP contribution >= 0.6 is 0 Å². The van der Waals surface area contributed by atoms with E-state index in [1.807, 2.05) is 0 Å². The summed E-state index contributed by atoms with van der Waals surface area (Å²) in [5.74, 6) is 1.14. The highest BCUT2D eigenvalue weighted by atomic mass is 16.5. The minimum absolute atomic E-state index is 0.0733. The van der Waals surface area contributed by atoms with E-state index in [9.17, 15) is 4.79 Å². The minimum Gasteiger partial charge on any atom is -0.492 e. The van der Waals surface area contributed by atoms with Gasteiger partial charge in [-0.1, -0.05) is 19.3 Å². The van der Waals surface area contributed by atoms with Crippen molar-refractivity contribution in [3.8, 4) is 5.75 Å². The average Bonchev–Trinajstić information content (AvgIpc) is 2.43. The molecule has 0 aromatic carbocycles. The summed E-state index contributed by atoms with van der Waals surface area (Å²) in [7, 11) is 0. The van der Waals surface area contributed by atoms with Gasteiger partial charge in [0.05, 0.1) is 12.8 Å². The van der Waals surface area contributed by atoms with E-state index in [0.717, 1.165) is 13.0 Å². The number of hydrogen-bond acceptors (Lipinski definition) is 4. The van der Waals surface area contributed by atoms with Crippen LogP contribution < -0.4 is 16.0 Å². The third-order valence-electron chi connectivity index (χ3n) is 3.62. The highest BCUT2D eigenvalue weighted by molar-refractivity contribution is 5.13. The fourth-order valence-corrected chi connectivity index (χ4v) is 2.52. The van der Waals surface area contributed by atoms with Crippen molar-refractivity contribution >= 4 is 0 Å². The van der Waals surface area contributed by atoms with E-state index < -0.39 is 0 Å². The molecule has 1 saturated carbocycles. The van der Waals surface area contributed by atoms with Crippen molar-refractivity contribution in [2.45, 2.75) is 45.1 Å². The van der Waals surface area contributed by atoms with Gasteiger partial charge in [-0.05, 0) is 31.7 Å². The molecule has 0 bridgehead atoms. The fraction of sp³-hybridized carbons (Fsp3) is 0.714. The molecule has 1 aliphatic rings. The minimum atomic E-state index is -0.0733. The lowest BCUT2D eigenvalue weighted by Crippen LogP contribution is -2.26. The zero-order valence-corrected chi connectivity index (χ0v) is 11.4. The number of nitrogens with zero attached hydrogens (tertiary/aromatic N) is 2. The third kappa shape index (κ3) is 4.35. The summed E-state index contributed by atoms with van der Waals surface area (Å²) in [6.07, 6.45) is 8.71. The molecule has 0 radical (unpaired) electrons. The number of rotatable bonds is 6. The molecule has 2 rings (SSSR count). The topological polar surface area (TPSA) is 70.1 Å². The molecule has 5 nitrogen and oxygen atoms in total. The molecule has 106 valence electrons. The smallest absolute Gasteiger partial charge is 0.270 e. The average molecular weight is 265 g/mol. The Kier molecular flexibility index (Phi) is 5.39. The Hall–Kier alpha value is -1.36. The lowest BCUT2D eigenvalue weighted by molar-refractivity contribution is 0.292. The summed E-state index contributed by atoms with van der Waals surface area (Å²) in [6, 6.07) is 1.52. The maximum absolute atomic E-state index is 11.9. The largest absolute Gasteiger partial charge is 0.492 e. The van der Waals surface area contributed by atoms with E-state index >= 15 is 0 Å². The summed E-state index contributed by atoms with van der Waals surface area (Å²) in [6.45, 7) is 1.86. The standard InChI is InChI=1S/C14H23N3O2/c15-7-4-8-19-13-9-14(18)17(16-10-13)11-12-5-2-1-3-6-12/h9-10,12H,1-8,11,15H2. The van der Waals surface area contributed by atoms with Gasteiger partial charge in [0, 0.05) is 12.6 Å². The Morgan fingerprint density at radius 1 is 1.37 bits per heavy atom. The van der Waals surface area contributed by atoms with Crippen LogP contribution in [0.2, 0.25) is 0 Å². The molecule has 1 heterocycles. The Morgan fingerprint density at radius 2 is 2.16 bits per heavy atom. The lowest BCUT2D eigenvalue weighted by Gasteiger charge is -2.21. The van der Waals surface area contributed by atoms with Gasteiger partial charge in [0.2, 0.25) is 0 Å². The second-order valence-electron chi connectivity index (χ2n) is 5.21. The number of hydrogen-bond donors (Lipinski definition) is 1. The quantitative estimate of drug-likeness (QED) is 0.792. The SMILES string of the molecule is NCCCOc1cnn(CC2CCCCC2)c(=O)c1. The Bertz CT molecular complexity index is 439. The first-order valence-electron chi connectivity index (χ1n) is 7.19. The Balaban J connectivity index is 1.92. The molecule has 0 atom stereocenters. The van der Waals surface area contributed by atoms with E-state index in [1.54, 1.807) is 10.9 Å². The molecule has 19 heavy (non-hydrogen) atoms. The van der Waals surface area contributed by atoms with Crippen molar-refractivity contribution in [2.24, 2.45) is 11.7 Å². The van der Waals surface area contributed by atoms with Crippen LogP contribution in [0.15, 0.2) is 17.1 Å². The van der Waals surface area contributed by atoms with Crippen LogP contribution in [-0.4, -0.2) is 22.9 Å². The van der Waals surface area contributed by atoms with Gasteiger partial charge < -0.3 is 10.5 Å². The second-order valence-corrected chi connectivity index (χ2v) is 5.21. The lowest BCUT2D eigenvalue weighted by atomic mass is 9.89. The molecule has 5 heteroatoms. The normalized spacial score (nSPS) is 16.5. The van der Waals surface area contributed by atoms with Gasteiger partial charge in [-0.2, -0.15) is 5.10 Å². The first-order chi connectivity index (χ1) is 9.29. The molecule has 2 N–H and O–H groups in total. The summed E-state index contributed by atoms with van der Waals surface area (Å²) >= 11 is 0. The monoisotopic (exact) mass is 265 g/mol. The first kappa shape index (κ1) is 14.1. The van der Waals surface area contributed by atoms with Gasteiger partial charge in [0.25, 0.3) is 5.56 Å². The zero-order chi connectivity index (χ0) is 13.5. The van der Waals surface area contributed by atoms with Crippen LogP contribution in [0, 0.1) is 5.92 Å². The van der Waals surface area contributed by atoms with Crippen molar-refractivity contribution in [3.63, 3.8) is 0 Å². The molecule has 0 spiro atoms. The molecule has 1 fully saturated rings. The predicted octanol–water partition coefficient (Wildman–Crippen LogP) is 1.55. The molecule has 0 saturated heterocycles. The summed E-state index contributed by atoms with van der Waals surface area (Å²) in [5, 5.41) is 4.20. The predicted molar refractivity (Wildman–Crippen MR) is 74.2 cm³/mol. The van der Waals surface area contributed by atoms with Crippen LogP contribution in [0.5, 0.6) is 5.75 Å². The second kappa shape index (κ2) is 7.28. The molecular formula is C14H23N3O2. The maximum Gasteiger partial charge on any atom is 0.270 e. The molecule has 1 aromatic rings. The summed E-state index contributed by atoms with van der Waals surface area (Å²) in [5.41, 5.74) is 5.32. The van der Waals surface area contributed by atoms with Gasteiger partial charge in [0.1, 0.15) is 5.75 Å². The number of nitrogens with two attached hydrogens (primary N) is 1. The molecule has 0 amide bonds. The van der Waals surface area contributed by atoms with Gasteiger partial charge in [-0.3, -0.25) is 4.79 Å². The van der Waals surface area contributed by atoms with Crippen LogP contribution in [0.25, 0.3) is 0 Å². The molecule has 1 aliphatic carbocycles. The van der Waals surface area contributed by atoms with Crippen molar-refractivity contribution in [3.05, 3.63) is 22.6 Å². The summed E-state index contributed by atoms with van der Waals surface area (Å²) < 4.78 is 6.98. The van der Waals surface area contributed by atoms with Crippen LogP contribution in [-0.2, 0) is 6.54 Å². The number of aromatic nitrogens is 2. The maximum atomic E-state index is 11.9. The Labute approximate surface area is 113 Å². The zero-order valence-electron chi connectivity index (χ0n) is 11.4. The van der Waals surface area contributed by atoms with Crippen molar-refractivity contribution in [1.82, 2.24) is 9.78 Å². The van der Waals surface area contributed by atoms with E-state index in [2.05, 4.69) is 5.10 Å². The van der Waals surface area contributed by atoms with E-state index in [0.29, 0.717) is 24.8 Å².